The van der Waals surface area contributed by atoms with Gasteiger partial charge in [0.1, 0.15) is 5.82 Å². The first-order chi connectivity index (χ1) is 17.0. The Morgan fingerprint density at radius 1 is 1.03 bits per heavy atom. The summed E-state index contributed by atoms with van der Waals surface area (Å²) in [4.78, 5) is 22.1. The Balaban J connectivity index is 1.23. The first-order valence-corrected chi connectivity index (χ1v) is 13.1. The number of benzene rings is 3. The van der Waals surface area contributed by atoms with E-state index in [1.54, 1.807) is 11.3 Å². The fourth-order valence-electron chi connectivity index (χ4n) is 4.64. The van der Waals surface area contributed by atoms with Crippen LogP contribution in [0.5, 0.6) is 0 Å². The molecule has 0 saturated carbocycles. The molecule has 0 radical (unpaired) electrons. The normalized spacial score (nSPS) is 13.1. The molecule has 35 heavy (non-hydrogen) atoms. The van der Waals surface area contributed by atoms with Crippen LogP contribution in [0.1, 0.15) is 20.1 Å². The molecule has 3 heterocycles. The summed E-state index contributed by atoms with van der Waals surface area (Å²) in [5.74, 6) is 0.912. The quantitative estimate of drug-likeness (QED) is 0.269. The number of nitrogens with one attached hydrogen (secondary N) is 1. The van der Waals surface area contributed by atoms with Crippen molar-refractivity contribution in [3.05, 3.63) is 98.7 Å². The molecule has 174 valence electrons. The number of para-hydroxylation sites is 2. The lowest BCUT2D eigenvalue weighted by Crippen LogP contribution is -2.29. The van der Waals surface area contributed by atoms with Crippen molar-refractivity contribution in [3.63, 3.8) is 0 Å². The standard InChI is InChI=1S/C28H23BrN4OS/c1-32-24-8-3-2-7-23(24)31-27(32)18-5-4-6-22(15-18)33-14-13-25-19(17-33)16-26(35-25)28(34)30-21-11-9-20(29)10-12-21/h2-12,15-16H,13-14,17H2,1H3,(H,30,34). The topological polar surface area (TPSA) is 50.2 Å². The number of aryl methyl sites for hydroxylation is 1. The van der Waals surface area contributed by atoms with E-state index in [9.17, 15) is 4.79 Å². The van der Waals surface area contributed by atoms with Crippen LogP contribution >= 0.6 is 27.3 Å². The highest BCUT2D eigenvalue weighted by Crippen LogP contribution is 2.33. The van der Waals surface area contributed by atoms with Gasteiger partial charge in [-0.15, -0.1) is 11.3 Å². The number of hydrogen-bond donors (Lipinski definition) is 1. The number of thiophene rings is 1. The molecule has 1 N–H and O–H groups in total. The summed E-state index contributed by atoms with van der Waals surface area (Å²) in [6.45, 7) is 1.72. The average Bonchev–Trinajstić information content (AvgIpc) is 3.46. The number of imidazole rings is 1. The molecule has 1 amide bonds. The predicted molar refractivity (Wildman–Crippen MR) is 147 cm³/mol. The lowest BCUT2D eigenvalue weighted by Gasteiger charge is -2.29. The van der Waals surface area contributed by atoms with Crippen LogP contribution in [-0.2, 0) is 20.0 Å². The monoisotopic (exact) mass is 542 g/mol. The Labute approximate surface area is 216 Å². The maximum absolute atomic E-state index is 12.8. The van der Waals surface area contributed by atoms with E-state index in [4.69, 9.17) is 4.98 Å². The molecule has 1 aliphatic rings. The van der Waals surface area contributed by atoms with Gasteiger partial charge in [-0.05, 0) is 66.6 Å². The Morgan fingerprint density at radius 2 is 1.86 bits per heavy atom. The number of nitrogens with zero attached hydrogens (tertiary/aromatic N) is 3. The molecule has 2 aromatic heterocycles. The molecule has 0 fully saturated rings. The van der Waals surface area contributed by atoms with Gasteiger partial charge in [-0.25, -0.2) is 4.98 Å². The molecule has 0 aliphatic carbocycles. The highest BCUT2D eigenvalue weighted by atomic mass is 79.9. The molecule has 0 saturated heterocycles. The fourth-order valence-corrected chi connectivity index (χ4v) is 5.96. The van der Waals surface area contributed by atoms with Crippen molar-refractivity contribution < 1.29 is 4.79 Å². The van der Waals surface area contributed by atoms with Gasteiger partial charge >= 0.3 is 0 Å². The molecule has 0 spiro atoms. The Morgan fingerprint density at radius 3 is 2.69 bits per heavy atom. The molecule has 3 aromatic carbocycles. The first kappa shape index (κ1) is 22.1. The van der Waals surface area contributed by atoms with Crippen molar-refractivity contribution in [1.29, 1.82) is 0 Å². The van der Waals surface area contributed by atoms with E-state index < -0.39 is 0 Å². The molecule has 7 heteroatoms. The fraction of sp³-hybridized carbons (Fsp3) is 0.143. The Bertz CT molecular complexity index is 1550. The smallest absolute Gasteiger partial charge is 0.265 e. The summed E-state index contributed by atoms with van der Waals surface area (Å²) in [6, 6.07) is 26.5. The molecule has 0 unspecified atom stereocenters. The minimum Gasteiger partial charge on any atom is -0.367 e. The molecule has 6 rings (SSSR count). The van der Waals surface area contributed by atoms with Crippen LogP contribution in [0.25, 0.3) is 22.4 Å². The highest BCUT2D eigenvalue weighted by molar-refractivity contribution is 9.10. The lowest BCUT2D eigenvalue weighted by molar-refractivity contribution is 0.103. The second-order valence-corrected chi connectivity index (χ2v) is 10.8. The second-order valence-electron chi connectivity index (χ2n) is 8.73. The van der Waals surface area contributed by atoms with Crippen LogP contribution in [0.4, 0.5) is 11.4 Å². The van der Waals surface area contributed by atoms with E-state index >= 15 is 0 Å². The number of carbonyl (C=O) groups is 1. The van der Waals surface area contributed by atoms with Gasteiger partial charge in [0.15, 0.2) is 0 Å². The average molecular weight is 543 g/mol. The maximum atomic E-state index is 12.8. The maximum Gasteiger partial charge on any atom is 0.265 e. The third-order valence-electron chi connectivity index (χ3n) is 6.45. The molecular formula is C28H23BrN4OS. The van der Waals surface area contributed by atoms with Gasteiger partial charge in [0.05, 0.1) is 15.9 Å². The zero-order valence-corrected chi connectivity index (χ0v) is 21.6. The van der Waals surface area contributed by atoms with Crippen molar-refractivity contribution in [2.24, 2.45) is 7.05 Å². The van der Waals surface area contributed by atoms with E-state index in [0.717, 1.165) is 57.0 Å². The van der Waals surface area contributed by atoms with E-state index in [-0.39, 0.29) is 5.91 Å². The summed E-state index contributed by atoms with van der Waals surface area (Å²) >= 11 is 5.04. The molecule has 5 aromatic rings. The minimum atomic E-state index is -0.0536. The van der Waals surface area contributed by atoms with Gasteiger partial charge < -0.3 is 14.8 Å². The second kappa shape index (κ2) is 8.98. The van der Waals surface area contributed by atoms with Crippen molar-refractivity contribution in [1.82, 2.24) is 9.55 Å². The van der Waals surface area contributed by atoms with Gasteiger partial charge in [0, 0.05) is 46.4 Å². The van der Waals surface area contributed by atoms with Crippen LogP contribution in [-0.4, -0.2) is 22.0 Å². The van der Waals surface area contributed by atoms with Crippen molar-refractivity contribution in [2.75, 3.05) is 16.8 Å². The molecule has 0 atom stereocenters. The molecule has 5 nitrogen and oxygen atoms in total. The lowest BCUT2D eigenvalue weighted by atomic mass is 10.1. The number of halogens is 1. The number of hydrogen-bond acceptors (Lipinski definition) is 4. The predicted octanol–water partition coefficient (Wildman–Crippen LogP) is 6.88. The first-order valence-electron chi connectivity index (χ1n) is 11.5. The minimum absolute atomic E-state index is 0.0536. The molecular weight excluding hydrogens is 520 g/mol. The van der Waals surface area contributed by atoms with Crippen LogP contribution in [0.2, 0.25) is 0 Å². The van der Waals surface area contributed by atoms with Crippen molar-refractivity contribution in [3.8, 4) is 11.4 Å². The van der Waals surface area contributed by atoms with Gasteiger partial charge in [0.2, 0.25) is 0 Å². The van der Waals surface area contributed by atoms with Crippen molar-refractivity contribution in [2.45, 2.75) is 13.0 Å². The zero-order valence-electron chi connectivity index (χ0n) is 19.2. The number of rotatable bonds is 4. The summed E-state index contributed by atoms with van der Waals surface area (Å²) in [5, 5.41) is 3.01. The van der Waals surface area contributed by atoms with Gasteiger partial charge in [-0.3, -0.25) is 4.79 Å². The summed E-state index contributed by atoms with van der Waals surface area (Å²) in [5.41, 5.74) is 6.44. The zero-order chi connectivity index (χ0) is 23.9. The van der Waals surface area contributed by atoms with Crippen LogP contribution in [0, 0.1) is 0 Å². The van der Waals surface area contributed by atoms with E-state index in [1.807, 2.05) is 36.4 Å². The molecule has 1 aliphatic heterocycles. The molecule has 0 bridgehead atoms. The van der Waals surface area contributed by atoms with Crippen molar-refractivity contribution >= 4 is 55.6 Å². The number of anilines is 2. The largest absolute Gasteiger partial charge is 0.367 e. The van der Waals surface area contributed by atoms with Gasteiger partial charge in [0.25, 0.3) is 5.91 Å². The number of aromatic nitrogens is 2. The van der Waals surface area contributed by atoms with E-state index in [0.29, 0.717) is 0 Å². The number of fused-ring (bicyclic) bond motifs is 2. The van der Waals surface area contributed by atoms with Crippen LogP contribution < -0.4 is 10.2 Å². The van der Waals surface area contributed by atoms with Crippen LogP contribution in [0.3, 0.4) is 0 Å². The Kier molecular flexibility index (Phi) is 5.66. The highest BCUT2D eigenvalue weighted by Gasteiger charge is 2.22. The summed E-state index contributed by atoms with van der Waals surface area (Å²) in [7, 11) is 2.07. The number of amides is 1. The third-order valence-corrected chi connectivity index (χ3v) is 8.21. The number of carbonyl (C=O) groups excluding carboxylic acids is 1. The Hall–Kier alpha value is -3.42. The summed E-state index contributed by atoms with van der Waals surface area (Å²) in [6.07, 6.45) is 0.933. The SMILES string of the molecule is Cn1c(-c2cccc(N3CCc4sc(C(=O)Nc5ccc(Br)cc5)cc4C3)c2)nc2ccccc21. The third kappa shape index (κ3) is 4.26. The van der Waals surface area contributed by atoms with Gasteiger partial charge in [-0.2, -0.15) is 0 Å². The summed E-state index contributed by atoms with van der Waals surface area (Å²) < 4.78 is 3.14. The van der Waals surface area contributed by atoms with Crippen LogP contribution in [0.15, 0.2) is 83.3 Å². The van der Waals surface area contributed by atoms with E-state index in [1.165, 1.54) is 16.1 Å². The van der Waals surface area contributed by atoms with Gasteiger partial charge in [-0.1, -0.05) is 40.2 Å². The van der Waals surface area contributed by atoms with E-state index in [2.05, 4.69) is 80.2 Å².